The Hall–Kier alpha value is -0.220. The molecule has 1 rings (SSSR count). The number of alkyl halides is 2. The summed E-state index contributed by atoms with van der Waals surface area (Å²) in [5.41, 5.74) is 0. The highest BCUT2D eigenvalue weighted by Crippen LogP contribution is 2.35. The molecule has 0 N–H and O–H groups in total. The number of hydrogen-bond acceptors (Lipinski definition) is 2. The summed E-state index contributed by atoms with van der Waals surface area (Å²) in [5, 5.41) is 0. The van der Waals surface area contributed by atoms with Crippen molar-refractivity contribution in [3.05, 3.63) is 0 Å². The maximum Gasteiger partial charge on any atom is 0.250 e. The Balaban J connectivity index is 2.61. The highest BCUT2D eigenvalue weighted by Gasteiger charge is 2.42. The molecule has 1 saturated carbocycles. The van der Waals surface area contributed by atoms with Gasteiger partial charge in [0.1, 0.15) is 0 Å². The first kappa shape index (κ1) is 10.9. The van der Waals surface area contributed by atoms with Gasteiger partial charge in [0.15, 0.2) is 0 Å². The summed E-state index contributed by atoms with van der Waals surface area (Å²) in [7, 11) is 5.31. The Labute approximate surface area is 77.9 Å². The van der Waals surface area contributed by atoms with Gasteiger partial charge in [-0.25, -0.2) is 8.78 Å². The van der Waals surface area contributed by atoms with Gasteiger partial charge >= 0.3 is 0 Å². The molecule has 0 heterocycles. The fraction of sp³-hybridized carbons (Fsp3) is 1.00. The Morgan fingerprint density at radius 1 is 1.38 bits per heavy atom. The number of nitrogens with zero attached hydrogens (tertiary/aromatic N) is 1. The van der Waals surface area contributed by atoms with Crippen molar-refractivity contribution in [2.45, 2.75) is 37.3 Å². The summed E-state index contributed by atoms with van der Waals surface area (Å²) in [6.07, 6.45) is 0.0133. The van der Waals surface area contributed by atoms with E-state index in [4.69, 9.17) is 4.74 Å². The highest BCUT2D eigenvalue weighted by atomic mass is 19.3. The summed E-state index contributed by atoms with van der Waals surface area (Å²) in [4.78, 5) is 1.96. The molecule has 1 aliphatic rings. The maximum atomic E-state index is 13.0. The zero-order valence-electron chi connectivity index (χ0n) is 8.39. The van der Waals surface area contributed by atoms with Gasteiger partial charge in [-0.1, -0.05) is 0 Å². The quantitative estimate of drug-likeness (QED) is 0.662. The molecule has 0 aliphatic heterocycles. The second-order valence-corrected chi connectivity index (χ2v) is 3.90. The van der Waals surface area contributed by atoms with E-state index >= 15 is 0 Å². The van der Waals surface area contributed by atoms with Crippen LogP contribution in [0.1, 0.15) is 19.3 Å². The van der Waals surface area contributed by atoms with E-state index in [2.05, 4.69) is 0 Å². The SMILES string of the molecule is COC1CC(F)(F)CCC1N(C)C. The van der Waals surface area contributed by atoms with Crippen molar-refractivity contribution in [3.8, 4) is 0 Å². The summed E-state index contributed by atoms with van der Waals surface area (Å²) in [5.74, 6) is -2.53. The summed E-state index contributed by atoms with van der Waals surface area (Å²) < 4.78 is 31.0. The number of halogens is 2. The maximum absolute atomic E-state index is 13.0. The van der Waals surface area contributed by atoms with Crippen LogP contribution < -0.4 is 0 Å². The third-order valence-corrected chi connectivity index (χ3v) is 2.70. The number of methoxy groups -OCH3 is 1. The van der Waals surface area contributed by atoms with Gasteiger partial charge in [0.25, 0.3) is 5.92 Å². The van der Waals surface area contributed by atoms with Crippen LogP contribution in [0.15, 0.2) is 0 Å². The molecule has 1 aliphatic carbocycles. The smallest absolute Gasteiger partial charge is 0.250 e. The molecule has 0 bridgehead atoms. The standard InChI is InChI=1S/C9H17F2NO/c1-12(2)7-4-5-9(10,11)6-8(7)13-3/h7-8H,4-6H2,1-3H3. The third kappa shape index (κ3) is 2.61. The van der Waals surface area contributed by atoms with E-state index in [1.54, 1.807) is 0 Å². The first-order valence-corrected chi connectivity index (χ1v) is 4.53. The van der Waals surface area contributed by atoms with Gasteiger partial charge in [-0.15, -0.1) is 0 Å². The van der Waals surface area contributed by atoms with Crippen LogP contribution in [0.5, 0.6) is 0 Å². The zero-order chi connectivity index (χ0) is 10.1. The van der Waals surface area contributed by atoms with Crippen LogP contribution in [0, 0.1) is 0 Å². The van der Waals surface area contributed by atoms with E-state index in [1.807, 2.05) is 19.0 Å². The lowest BCUT2D eigenvalue weighted by Crippen LogP contribution is -2.47. The molecule has 0 aromatic heterocycles. The van der Waals surface area contributed by atoms with E-state index in [1.165, 1.54) is 7.11 Å². The lowest BCUT2D eigenvalue weighted by molar-refractivity contribution is -0.112. The van der Waals surface area contributed by atoms with Crippen LogP contribution in [0.3, 0.4) is 0 Å². The number of ether oxygens (including phenoxy) is 1. The molecule has 0 spiro atoms. The first-order chi connectivity index (χ1) is 5.96. The van der Waals surface area contributed by atoms with Crippen molar-refractivity contribution in [1.29, 1.82) is 0 Å². The summed E-state index contributed by atoms with van der Waals surface area (Å²) >= 11 is 0. The predicted molar refractivity (Wildman–Crippen MR) is 47.1 cm³/mol. The molecule has 2 atom stereocenters. The predicted octanol–water partition coefficient (Wildman–Crippen LogP) is 1.75. The fourth-order valence-corrected chi connectivity index (χ4v) is 1.91. The molecule has 78 valence electrons. The van der Waals surface area contributed by atoms with Gasteiger partial charge in [0.2, 0.25) is 0 Å². The van der Waals surface area contributed by atoms with Gasteiger partial charge < -0.3 is 9.64 Å². The molecule has 4 heteroatoms. The van der Waals surface area contributed by atoms with Crippen molar-refractivity contribution in [2.75, 3.05) is 21.2 Å². The van der Waals surface area contributed by atoms with Crippen LogP contribution >= 0.6 is 0 Å². The molecule has 0 aromatic carbocycles. The van der Waals surface area contributed by atoms with Crippen LogP contribution in [-0.2, 0) is 4.74 Å². The van der Waals surface area contributed by atoms with Gasteiger partial charge in [-0.3, -0.25) is 0 Å². The lowest BCUT2D eigenvalue weighted by atomic mass is 9.89. The minimum atomic E-state index is -2.53. The topological polar surface area (TPSA) is 12.5 Å². The Morgan fingerprint density at radius 3 is 2.46 bits per heavy atom. The second-order valence-electron chi connectivity index (χ2n) is 3.90. The molecule has 0 aromatic rings. The van der Waals surface area contributed by atoms with Gasteiger partial charge in [-0.05, 0) is 20.5 Å². The largest absolute Gasteiger partial charge is 0.380 e. The van der Waals surface area contributed by atoms with Gasteiger partial charge in [-0.2, -0.15) is 0 Å². The molecule has 2 unspecified atom stereocenters. The second kappa shape index (κ2) is 3.88. The highest BCUT2D eigenvalue weighted by molar-refractivity contribution is 4.89. The van der Waals surface area contributed by atoms with Crippen molar-refractivity contribution in [1.82, 2.24) is 4.90 Å². The van der Waals surface area contributed by atoms with Crippen molar-refractivity contribution in [3.63, 3.8) is 0 Å². The molecule has 0 saturated heterocycles. The van der Waals surface area contributed by atoms with Crippen LogP contribution in [0.2, 0.25) is 0 Å². The molecule has 0 amide bonds. The van der Waals surface area contributed by atoms with E-state index < -0.39 is 5.92 Å². The number of rotatable bonds is 2. The minimum absolute atomic E-state index is 0.0181. The molecular weight excluding hydrogens is 176 g/mol. The Morgan fingerprint density at radius 2 is 2.00 bits per heavy atom. The first-order valence-electron chi connectivity index (χ1n) is 4.53. The monoisotopic (exact) mass is 193 g/mol. The zero-order valence-corrected chi connectivity index (χ0v) is 8.39. The minimum Gasteiger partial charge on any atom is -0.380 e. The molecular formula is C9H17F2NO. The third-order valence-electron chi connectivity index (χ3n) is 2.70. The summed E-state index contributed by atoms with van der Waals surface area (Å²) in [6, 6.07) is 0.129. The van der Waals surface area contributed by atoms with Crippen molar-refractivity contribution < 1.29 is 13.5 Å². The normalized spacial score (nSPS) is 33.7. The van der Waals surface area contributed by atoms with Crippen LogP contribution in [-0.4, -0.2) is 44.2 Å². The van der Waals surface area contributed by atoms with E-state index in [0.29, 0.717) is 6.42 Å². The molecule has 2 nitrogen and oxygen atoms in total. The van der Waals surface area contributed by atoms with Crippen LogP contribution in [0.4, 0.5) is 8.78 Å². The summed E-state index contributed by atoms with van der Waals surface area (Å²) in [6.45, 7) is 0. The molecule has 0 radical (unpaired) electrons. The Bertz CT molecular complexity index is 173. The lowest BCUT2D eigenvalue weighted by Gasteiger charge is -2.38. The van der Waals surface area contributed by atoms with E-state index in [-0.39, 0.29) is 25.0 Å². The average molecular weight is 193 g/mol. The van der Waals surface area contributed by atoms with Crippen molar-refractivity contribution >= 4 is 0 Å². The van der Waals surface area contributed by atoms with Crippen LogP contribution in [0.25, 0.3) is 0 Å². The fourth-order valence-electron chi connectivity index (χ4n) is 1.91. The number of likely N-dealkylation sites (N-methyl/N-ethyl adjacent to an activating group) is 1. The van der Waals surface area contributed by atoms with Gasteiger partial charge in [0, 0.05) is 26.0 Å². The van der Waals surface area contributed by atoms with E-state index in [0.717, 1.165) is 0 Å². The van der Waals surface area contributed by atoms with Gasteiger partial charge in [0.05, 0.1) is 6.10 Å². The Kier molecular flexibility index (Phi) is 3.24. The number of hydrogen-bond donors (Lipinski definition) is 0. The van der Waals surface area contributed by atoms with E-state index in [9.17, 15) is 8.78 Å². The average Bonchev–Trinajstić information content (AvgIpc) is 2.01. The van der Waals surface area contributed by atoms with Crippen molar-refractivity contribution in [2.24, 2.45) is 0 Å². The molecule has 13 heavy (non-hydrogen) atoms. The molecule has 1 fully saturated rings.